The first-order valence-electron chi connectivity index (χ1n) is 4.87. The molecule has 0 heterocycles. The van der Waals surface area contributed by atoms with E-state index in [4.69, 9.17) is 0 Å². The summed E-state index contributed by atoms with van der Waals surface area (Å²) in [6.45, 7) is 1.63. The summed E-state index contributed by atoms with van der Waals surface area (Å²) in [5.74, 6) is -1.29. The molecule has 0 saturated carbocycles. The number of likely N-dealkylation sites (N-methyl/N-ethyl adjacent to an activating group) is 1. The van der Waals surface area contributed by atoms with Crippen molar-refractivity contribution in [3.8, 4) is 0 Å². The second-order valence-electron chi connectivity index (χ2n) is 3.42. The first kappa shape index (κ1) is 13.0. The van der Waals surface area contributed by atoms with Crippen molar-refractivity contribution < 1.29 is 14.1 Å². The predicted octanol–water partition coefficient (Wildman–Crippen LogP) is 1.28. The quantitative estimate of drug-likeness (QED) is 0.614. The lowest BCUT2D eigenvalue weighted by molar-refractivity contribution is -0.387. The molecule has 7 heteroatoms. The average Bonchev–Trinajstić information content (AvgIpc) is 2.30. The van der Waals surface area contributed by atoms with Crippen LogP contribution >= 0.6 is 0 Å². The Labute approximate surface area is 97.0 Å². The van der Waals surface area contributed by atoms with Crippen molar-refractivity contribution >= 4 is 17.3 Å². The van der Waals surface area contributed by atoms with Crippen LogP contribution in [0.3, 0.4) is 0 Å². The number of nitrogens with zero attached hydrogens (tertiary/aromatic N) is 1. The number of nitrogens with one attached hydrogen (secondary N) is 2. The van der Waals surface area contributed by atoms with Gasteiger partial charge in [-0.3, -0.25) is 14.9 Å². The molecule has 0 aliphatic carbocycles. The normalized spacial score (nSPS) is 11.9. The van der Waals surface area contributed by atoms with Gasteiger partial charge < -0.3 is 10.6 Å². The maximum Gasteiger partial charge on any atom is 0.306 e. The van der Waals surface area contributed by atoms with Gasteiger partial charge in [0.2, 0.25) is 11.7 Å². The second-order valence-corrected chi connectivity index (χ2v) is 3.42. The number of nitro groups is 1. The molecule has 1 amide bonds. The minimum absolute atomic E-state index is 0.185. The van der Waals surface area contributed by atoms with Crippen LogP contribution < -0.4 is 10.6 Å². The van der Waals surface area contributed by atoms with Crippen LogP contribution in [0.2, 0.25) is 0 Å². The van der Waals surface area contributed by atoms with E-state index in [2.05, 4.69) is 10.6 Å². The van der Waals surface area contributed by atoms with Gasteiger partial charge in [-0.15, -0.1) is 0 Å². The smallest absolute Gasteiger partial charge is 0.306 e. The Kier molecular flexibility index (Phi) is 4.11. The SMILES string of the molecule is CN[C@H](C)C(=O)Nc1ccc(F)c([N+](=O)[O-])c1. The molecule has 17 heavy (non-hydrogen) atoms. The van der Waals surface area contributed by atoms with E-state index >= 15 is 0 Å². The number of carbonyl (C=O) groups is 1. The van der Waals surface area contributed by atoms with Crippen molar-refractivity contribution in [3.63, 3.8) is 0 Å². The van der Waals surface area contributed by atoms with Gasteiger partial charge in [0.1, 0.15) is 0 Å². The summed E-state index contributed by atoms with van der Waals surface area (Å²) in [6.07, 6.45) is 0. The Bertz CT molecular complexity index is 450. The van der Waals surface area contributed by atoms with Crippen LogP contribution in [0.4, 0.5) is 15.8 Å². The molecule has 1 aromatic rings. The fraction of sp³-hybridized carbons (Fsp3) is 0.300. The topological polar surface area (TPSA) is 84.3 Å². The van der Waals surface area contributed by atoms with Crippen LogP contribution in [0.5, 0.6) is 0 Å². The van der Waals surface area contributed by atoms with Gasteiger partial charge in [0.25, 0.3) is 0 Å². The lowest BCUT2D eigenvalue weighted by atomic mass is 10.2. The van der Waals surface area contributed by atoms with Crippen molar-refractivity contribution in [2.24, 2.45) is 0 Å². The number of nitro benzene ring substituents is 1. The largest absolute Gasteiger partial charge is 0.324 e. The predicted molar refractivity (Wildman–Crippen MR) is 60.2 cm³/mol. The van der Waals surface area contributed by atoms with Crippen LogP contribution in [0.15, 0.2) is 18.2 Å². The number of halogens is 1. The summed E-state index contributed by atoms with van der Waals surface area (Å²) in [5, 5.41) is 15.6. The standard InChI is InChI=1S/C10H12FN3O3/c1-6(12-2)10(15)13-7-3-4-8(11)9(5-7)14(16)17/h3-6,12H,1-2H3,(H,13,15)/t6-/m1/s1. The second kappa shape index (κ2) is 5.35. The Morgan fingerprint density at radius 1 is 1.53 bits per heavy atom. The van der Waals surface area contributed by atoms with Gasteiger partial charge in [-0.05, 0) is 26.1 Å². The van der Waals surface area contributed by atoms with E-state index in [9.17, 15) is 19.3 Å². The highest BCUT2D eigenvalue weighted by molar-refractivity contribution is 5.94. The van der Waals surface area contributed by atoms with Crippen LogP contribution in [-0.4, -0.2) is 23.9 Å². The van der Waals surface area contributed by atoms with Gasteiger partial charge in [0.15, 0.2) is 0 Å². The van der Waals surface area contributed by atoms with E-state index in [0.717, 1.165) is 12.1 Å². The van der Waals surface area contributed by atoms with Crippen LogP contribution in [0.25, 0.3) is 0 Å². The third-order valence-electron chi connectivity index (χ3n) is 2.24. The van der Waals surface area contributed by atoms with E-state index in [1.165, 1.54) is 6.07 Å². The average molecular weight is 241 g/mol. The molecule has 0 radical (unpaired) electrons. The fourth-order valence-electron chi connectivity index (χ4n) is 1.11. The lowest BCUT2D eigenvalue weighted by Gasteiger charge is -2.10. The number of benzene rings is 1. The van der Waals surface area contributed by atoms with Gasteiger partial charge in [0, 0.05) is 11.8 Å². The van der Waals surface area contributed by atoms with Gasteiger partial charge in [0.05, 0.1) is 11.0 Å². The molecule has 0 unspecified atom stereocenters. The maximum atomic E-state index is 13.0. The minimum Gasteiger partial charge on any atom is -0.324 e. The lowest BCUT2D eigenvalue weighted by Crippen LogP contribution is -2.35. The molecule has 0 aliphatic rings. The Morgan fingerprint density at radius 3 is 2.71 bits per heavy atom. The van der Waals surface area contributed by atoms with Crippen LogP contribution in [0.1, 0.15) is 6.92 Å². The van der Waals surface area contributed by atoms with Crippen molar-refractivity contribution in [1.29, 1.82) is 0 Å². The van der Waals surface area contributed by atoms with Crippen molar-refractivity contribution in [2.45, 2.75) is 13.0 Å². The van der Waals surface area contributed by atoms with E-state index in [0.29, 0.717) is 0 Å². The molecule has 1 rings (SSSR count). The van der Waals surface area contributed by atoms with Gasteiger partial charge in [-0.1, -0.05) is 0 Å². The van der Waals surface area contributed by atoms with Gasteiger partial charge in [-0.2, -0.15) is 4.39 Å². The molecule has 0 saturated heterocycles. The number of hydrogen-bond acceptors (Lipinski definition) is 4. The zero-order chi connectivity index (χ0) is 13.0. The van der Waals surface area contributed by atoms with E-state index in [-0.39, 0.29) is 11.6 Å². The van der Waals surface area contributed by atoms with E-state index < -0.39 is 22.5 Å². The van der Waals surface area contributed by atoms with Crippen molar-refractivity contribution in [2.75, 3.05) is 12.4 Å². The Morgan fingerprint density at radius 2 is 2.18 bits per heavy atom. The molecule has 2 N–H and O–H groups in total. The molecule has 0 aromatic heterocycles. The summed E-state index contributed by atoms with van der Waals surface area (Å²) in [5.41, 5.74) is -0.481. The van der Waals surface area contributed by atoms with Gasteiger partial charge >= 0.3 is 5.69 Å². The van der Waals surface area contributed by atoms with E-state index in [1.54, 1.807) is 14.0 Å². The molecule has 0 fully saturated rings. The Hall–Kier alpha value is -2.02. The number of carbonyl (C=O) groups excluding carboxylic acids is 1. The molecule has 6 nitrogen and oxygen atoms in total. The molecule has 92 valence electrons. The molecule has 0 aliphatic heterocycles. The van der Waals surface area contributed by atoms with Crippen LogP contribution in [-0.2, 0) is 4.79 Å². The monoisotopic (exact) mass is 241 g/mol. The summed E-state index contributed by atoms with van der Waals surface area (Å²) in [6, 6.07) is 2.75. The molecule has 1 aromatic carbocycles. The minimum atomic E-state index is -0.935. The molecular formula is C10H12FN3O3. The molecule has 0 spiro atoms. The van der Waals surface area contributed by atoms with Crippen LogP contribution in [0, 0.1) is 15.9 Å². The summed E-state index contributed by atoms with van der Waals surface area (Å²) < 4.78 is 13.0. The molecule has 1 atom stereocenters. The fourth-order valence-corrected chi connectivity index (χ4v) is 1.11. The molecule has 0 bridgehead atoms. The number of rotatable bonds is 4. The Balaban J connectivity index is 2.90. The summed E-state index contributed by atoms with van der Waals surface area (Å²) in [7, 11) is 1.61. The zero-order valence-electron chi connectivity index (χ0n) is 9.36. The number of amides is 1. The first-order chi connectivity index (χ1) is 7.95. The molecular weight excluding hydrogens is 229 g/mol. The third-order valence-corrected chi connectivity index (χ3v) is 2.24. The van der Waals surface area contributed by atoms with Gasteiger partial charge in [-0.25, -0.2) is 0 Å². The maximum absolute atomic E-state index is 13.0. The third kappa shape index (κ3) is 3.22. The van der Waals surface area contributed by atoms with E-state index in [1.807, 2.05) is 0 Å². The highest BCUT2D eigenvalue weighted by atomic mass is 19.1. The summed E-state index contributed by atoms with van der Waals surface area (Å²) >= 11 is 0. The first-order valence-corrected chi connectivity index (χ1v) is 4.87. The number of hydrogen-bond donors (Lipinski definition) is 2. The highest BCUT2D eigenvalue weighted by Gasteiger charge is 2.16. The highest BCUT2D eigenvalue weighted by Crippen LogP contribution is 2.21. The number of anilines is 1. The van der Waals surface area contributed by atoms with Crippen molar-refractivity contribution in [1.82, 2.24) is 5.32 Å². The summed E-state index contributed by atoms with van der Waals surface area (Å²) in [4.78, 5) is 21.1. The zero-order valence-corrected chi connectivity index (χ0v) is 9.36. The van der Waals surface area contributed by atoms with Crippen molar-refractivity contribution in [3.05, 3.63) is 34.1 Å².